The van der Waals surface area contributed by atoms with Crippen molar-refractivity contribution in [3.8, 4) is 0 Å². The highest BCUT2D eigenvalue weighted by molar-refractivity contribution is 8.13. The lowest BCUT2D eigenvalue weighted by Gasteiger charge is -2.49. The van der Waals surface area contributed by atoms with Gasteiger partial charge in [0, 0.05) is 11.1 Å². The molecule has 2 aliphatic heterocycles. The third kappa shape index (κ3) is 3.11. The number of amidine groups is 1. The number of thioether (sulfide) groups is 1. The molecule has 5 nitrogen and oxygen atoms in total. The molecule has 1 saturated carbocycles. The van der Waals surface area contributed by atoms with Crippen LogP contribution in [0.15, 0.2) is 46.0 Å². The van der Waals surface area contributed by atoms with Gasteiger partial charge in [0.1, 0.15) is 11.9 Å². The minimum Gasteiger partial charge on any atom is -0.298 e. The van der Waals surface area contributed by atoms with Crippen molar-refractivity contribution in [3.63, 3.8) is 0 Å². The summed E-state index contributed by atoms with van der Waals surface area (Å²) in [6.07, 6.45) is 8.96. The fourth-order valence-electron chi connectivity index (χ4n) is 5.81. The summed E-state index contributed by atoms with van der Waals surface area (Å²) in [6, 6.07) is 7.97. The first kappa shape index (κ1) is 19.9. The van der Waals surface area contributed by atoms with Crippen molar-refractivity contribution < 1.29 is 4.79 Å². The topological polar surface area (TPSA) is 57.1 Å². The van der Waals surface area contributed by atoms with Crippen LogP contribution >= 0.6 is 11.8 Å². The van der Waals surface area contributed by atoms with Gasteiger partial charge in [-0.1, -0.05) is 62.4 Å². The lowest BCUT2D eigenvalue weighted by atomic mass is 9.58. The number of carbonyl (C=O) groups is 1. The number of nitrogens with zero attached hydrogens (tertiary/aromatic N) is 3. The summed E-state index contributed by atoms with van der Waals surface area (Å²) in [4.78, 5) is 18.2. The van der Waals surface area contributed by atoms with Crippen LogP contribution in [0.4, 0.5) is 0 Å². The van der Waals surface area contributed by atoms with E-state index in [9.17, 15) is 4.79 Å². The van der Waals surface area contributed by atoms with E-state index < -0.39 is 0 Å². The summed E-state index contributed by atoms with van der Waals surface area (Å²) in [6.45, 7) is 7.18. The van der Waals surface area contributed by atoms with Crippen LogP contribution in [0.2, 0.25) is 0 Å². The zero-order valence-electron chi connectivity index (χ0n) is 18.2. The zero-order valence-corrected chi connectivity index (χ0v) is 19.0. The Kier molecular flexibility index (Phi) is 4.80. The molecule has 1 N–H and O–H groups in total. The molecule has 6 heteroatoms. The van der Waals surface area contributed by atoms with E-state index in [1.54, 1.807) is 5.57 Å². The molecule has 1 aromatic rings. The molecule has 4 atom stereocenters. The first-order valence-electron chi connectivity index (χ1n) is 11.0. The minimum absolute atomic E-state index is 0.0799. The molecule has 4 unspecified atom stereocenters. The molecule has 0 bridgehead atoms. The number of fused-ring (bicyclic) bond motifs is 3. The standard InChI is InChI=1S/C24H30N4OS/c1-14-12-15-8-7-11-24(2,3)18(15)13-17(14)21-25-19-10-6-5-9-16(19)20-22(29)26-23(30-4)27-28(20)21/h5-6,8-10,14,17-18,21H,7,11-13H2,1-4H3,(H,26,27,29). The Labute approximate surface area is 182 Å². The van der Waals surface area contributed by atoms with Crippen LogP contribution in [-0.4, -0.2) is 28.5 Å². The molecule has 0 saturated heterocycles. The summed E-state index contributed by atoms with van der Waals surface area (Å²) in [5.74, 6) is 1.36. The summed E-state index contributed by atoms with van der Waals surface area (Å²) in [5.41, 5.74) is 2.59. The summed E-state index contributed by atoms with van der Waals surface area (Å²) in [5, 5.41) is 12.1. The zero-order chi connectivity index (χ0) is 21.0. The van der Waals surface area contributed by atoms with Gasteiger partial charge in [0.25, 0.3) is 5.91 Å². The number of carbonyl (C=O) groups excluding carboxylic acids is 1. The number of rotatable bonds is 1. The van der Waals surface area contributed by atoms with E-state index in [4.69, 9.17) is 10.1 Å². The maximum atomic E-state index is 13.1. The van der Waals surface area contributed by atoms with Crippen molar-refractivity contribution in [1.29, 1.82) is 0 Å². The SMILES string of the molecule is CSC1=NN2C(=c3ccccc3=NC2C2CC3C(=CCCC3(C)C)CC2C)C(=O)N1. The van der Waals surface area contributed by atoms with Crippen molar-refractivity contribution in [2.24, 2.45) is 33.3 Å². The lowest BCUT2D eigenvalue weighted by Crippen LogP contribution is -2.56. The monoisotopic (exact) mass is 422 g/mol. The van der Waals surface area contributed by atoms with Crippen molar-refractivity contribution in [3.05, 3.63) is 46.5 Å². The van der Waals surface area contributed by atoms with Crippen LogP contribution in [0.3, 0.4) is 0 Å². The van der Waals surface area contributed by atoms with Gasteiger partial charge < -0.3 is 0 Å². The maximum absolute atomic E-state index is 13.1. The highest BCUT2D eigenvalue weighted by Crippen LogP contribution is 2.52. The Morgan fingerprint density at radius 1 is 1.27 bits per heavy atom. The number of benzene rings is 1. The summed E-state index contributed by atoms with van der Waals surface area (Å²) >= 11 is 1.47. The van der Waals surface area contributed by atoms with Crippen LogP contribution < -0.4 is 15.9 Å². The molecule has 0 radical (unpaired) electrons. The molecule has 5 rings (SSSR count). The number of hydrazone groups is 1. The van der Waals surface area contributed by atoms with E-state index >= 15 is 0 Å². The van der Waals surface area contributed by atoms with E-state index in [2.05, 4.69) is 32.2 Å². The number of hydrogen-bond acceptors (Lipinski definition) is 5. The fraction of sp³-hybridized carbons (Fsp3) is 0.542. The molecule has 1 aromatic carbocycles. The van der Waals surface area contributed by atoms with Gasteiger partial charge in [0.15, 0.2) is 5.17 Å². The van der Waals surface area contributed by atoms with Gasteiger partial charge in [-0.05, 0) is 55.3 Å². The predicted molar refractivity (Wildman–Crippen MR) is 122 cm³/mol. The number of allylic oxidation sites excluding steroid dienone is 2. The van der Waals surface area contributed by atoms with Crippen LogP contribution in [0.1, 0.15) is 46.5 Å². The molecule has 4 aliphatic rings. The van der Waals surface area contributed by atoms with Gasteiger partial charge in [-0.3, -0.25) is 15.1 Å². The molecule has 2 aliphatic carbocycles. The molecular formula is C24H30N4OS. The minimum atomic E-state index is -0.141. The van der Waals surface area contributed by atoms with Crippen LogP contribution in [0.25, 0.3) is 5.70 Å². The first-order valence-corrected chi connectivity index (χ1v) is 12.2. The van der Waals surface area contributed by atoms with Gasteiger partial charge in [-0.25, -0.2) is 5.01 Å². The normalized spacial score (nSPS) is 32.1. The molecule has 1 fully saturated rings. The van der Waals surface area contributed by atoms with E-state index in [-0.39, 0.29) is 12.1 Å². The second-order valence-electron chi connectivity index (χ2n) is 9.76. The lowest BCUT2D eigenvalue weighted by molar-refractivity contribution is -0.116. The van der Waals surface area contributed by atoms with Gasteiger partial charge in [0.2, 0.25) is 0 Å². The fourth-order valence-corrected chi connectivity index (χ4v) is 6.17. The molecule has 30 heavy (non-hydrogen) atoms. The molecule has 0 spiro atoms. The Morgan fingerprint density at radius 2 is 2.07 bits per heavy atom. The summed E-state index contributed by atoms with van der Waals surface area (Å²) < 4.78 is 0. The third-order valence-electron chi connectivity index (χ3n) is 7.50. The van der Waals surface area contributed by atoms with E-state index in [0.717, 1.165) is 23.4 Å². The van der Waals surface area contributed by atoms with Gasteiger partial charge in [-0.2, -0.15) is 0 Å². The number of amides is 1. The third-order valence-corrected chi connectivity index (χ3v) is 8.07. The van der Waals surface area contributed by atoms with Crippen molar-refractivity contribution in [1.82, 2.24) is 10.3 Å². The Morgan fingerprint density at radius 3 is 2.87 bits per heavy atom. The second-order valence-corrected chi connectivity index (χ2v) is 10.6. The molecule has 158 valence electrons. The van der Waals surface area contributed by atoms with E-state index in [1.807, 2.05) is 35.5 Å². The smallest absolute Gasteiger partial charge is 0.276 e. The average molecular weight is 423 g/mol. The Hall–Kier alpha value is -2.08. The van der Waals surface area contributed by atoms with Crippen molar-refractivity contribution in [2.75, 3.05) is 6.26 Å². The van der Waals surface area contributed by atoms with Crippen molar-refractivity contribution >= 4 is 28.5 Å². The number of para-hydroxylation sites is 1. The largest absolute Gasteiger partial charge is 0.298 e. The number of nitrogens with one attached hydrogen (secondary N) is 1. The van der Waals surface area contributed by atoms with Gasteiger partial charge >= 0.3 is 0 Å². The van der Waals surface area contributed by atoms with E-state index in [0.29, 0.717) is 34.0 Å². The van der Waals surface area contributed by atoms with Crippen LogP contribution in [0, 0.1) is 23.2 Å². The van der Waals surface area contributed by atoms with Crippen LogP contribution in [-0.2, 0) is 4.79 Å². The molecular weight excluding hydrogens is 392 g/mol. The Bertz CT molecular complexity index is 1070. The second kappa shape index (κ2) is 7.26. The molecule has 0 aromatic heterocycles. The number of hydrogen-bond donors (Lipinski definition) is 1. The summed E-state index contributed by atoms with van der Waals surface area (Å²) in [7, 11) is 0. The first-order chi connectivity index (χ1) is 14.4. The maximum Gasteiger partial charge on any atom is 0.276 e. The Balaban J connectivity index is 1.62. The highest BCUT2D eigenvalue weighted by atomic mass is 32.2. The highest BCUT2D eigenvalue weighted by Gasteiger charge is 2.46. The quantitative estimate of drug-likeness (QED) is 0.707. The van der Waals surface area contributed by atoms with Crippen molar-refractivity contribution in [2.45, 2.75) is 52.6 Å². The predicted octanol–water partition coefficient (Wildman–Crippen LogP) is 3.23. The van der Waals surface area contributed by atoms with Gasteiger partial charge in [0.05, 0.1) is 5.36 Å². The average Bonchev–Trinajstić information content (AvgIpc) is 2.72. The van der Waals surface area contributed by atoms with E-state index in [1.165, 1.54) is 24.6 Å². The molecule has 1 amide bonds. The van der Waals surface area contributed by atoms with Crippen LogP contribution in [0.5, 0.6) is 0 Å². The molecule has 2 heterocycles. The van der Waals surface area contributed by atoms with Gasteiger partial charge in [-0.15, -0.1) is 5.10 Å².